The van der Waals surface area contributed by atoms with Gasteiger partial charge in [-0.1, -0.05) is 41.4 Å². The largest absolute Gasteiger partial charge is 0.506 e. The van der Waals surface area contributed by atoms with E-state index in [9.17, 15) is 9.90 Å². The van der Waals surface area contributed by atoms with Crippen LogP contribution in [0.5, 0.6) is 5.75 Å². The molecule has 1 aromatic carbocycles. The van der Waals surface area contributed by atoms with Crippen LogP contribution in [-0.4, -0.2) is 21.9 Å². The average Bonchev–Trinajstić information content (AvgIpc) is 2.39. The van der Waals surface area contributed by atoms with E-state index < -0.39 is 0 Å². The fourth-order valence-corrected chi connectivity index (χ4v) is 2.72. The number of rotatable bonds is 5. The number of carbonyl (C=O) groups is 1. The number of amides is 1. The summed E-state index contributed by atoms with van der Waals surface area (Å²) >= 11 is 9.23. The first kappa shape index (κ1) is 15.3. The van der Waals surface area contributed by atoms with Gasteiger partial charge in [-0.25, -0.2) is 0 Å². The van der Waals surface area contributed by atoms with Crippen LogP contribution in [0.25, 0.3) is 0 Å². The van der Waals surface area contributed by atoms with Crippen LogP contribution in [0.2, 0.25) is 5.02 Å². The maximum atomic E-state index is 12.1. The topological polar surface area (TPSA) is 49.3 Å². The van der Waals surface area contributed by atoms with Crippen molar-refractivity contribution < 1.29 is 9.90 Å². The molecule has 0 aliphatic carbocycles. The van der Waals surface area contributed by atoms with Crippen LogP contribution in [0.1, 0.15) is 37.0 Å². The lowest BCUT2D eigenvalue weighted by Crippen LogP contribution is -2.49. The quantitative estimate of drug-likeness (QED) is 0.806. The molecule has 1 aromatic rings. The second kappa shape index (κ2) is 6.43. The van der Waals surface area contributed by atoms with E-state index in [0.29, 0.717) is 10.9 Å². The van der Waals surface area contributed by atoms with Gasteiger partial charge in [0.05, 0.1) is 5.02 Å². The Labute approximate surface area is 121 Å². The van der Waals surface area contributed by atoms with Crippen molar-refractivity contribution in [1.82, 2.24) is 5.32 Å². The summed E-state index contributed by atoms with van der Waals surface area (Å²) in [6.07, 6.45) is 1.68. The van der Waals surface area contributed by atoms with Crippen molar-refractivity contribution in [3.8, 4) is 5.75 Å². The number of hydrogen-bond donors (Lipinski definition) is 2. The van der Waals surface area contributed by atoms with Gasteiger partial charge in [0.2, 0.25) is 0 Å². The maximum Gasteiger partial charge on any atom is 0.251 e. The van der Waals surface area contributed by atoms with Gasteiger partial charge in [0.25, 0.3) is 5.91 Å². The molecule has 100 valence electrons. The molecule has 0 heterocycles. The summed E-state index contributed by atoms with van der Waals surface area (Å²) in [5.41, 5.74) is 0.201. The summed E-state index contributed by atoms with van der Waals surface area (Å²) in [4.78, 5) is 12.1. The van der Waals surface area contributed by atoms with Gasteiger partial charge in [0.15, 0.2) is 0 Å². The summed E-state index contributed by atoms with van der Waals surface area (Å²) in [7, 11) is 0. The highest BCUT2D eigenvalue weighted by molar-refractivity contribution is 9.09. The van der Waals surface area contributed by atoms with Gasteiger partial charge < -0.3 is 10.4 Å². The lowest BCUT2D eigenvalue weighted by molar-refractivity contribution is 0.0903. The first-order valence-electron chi connectivity index (χ1n) is 5.85. The van der Waals surface area contributed by atoms with E-state index in [1.807, 2.05) is 13.8 Å². The predicted molar refractivity (Wildman–Crippen MR) is 77.7 cm³/mol. The minimum absolute atomic E-state index is 0.0223. The molecule has 0 aliphatic heterocycles. The SMILES string of the molecule is CCC(CC)(CBr)NC(=O)c1ccc(O)c(Cl)c1. The molecule has 0 bridgehead atoms. The van der Waals surface area contributed by atoms with Gasteiger partial charge in [-0.2, -0.15) is 0 Å². The van der Waals surface area contributed by atoms with E-state index in [1.54, 1.807) is 6.07 Å². The van der Waals surface area contributed by atoms with Crippen LogP contribution in [0.15, 0.2) is 18.2 Å². The number of nitrogens with one attached hydrogen (secondary N) is 1. The highest BCUT2D eigenvalue weighted by Crippen LogP contribution is 2.24. The Morgan fingerprint density at radius 3 is 2.50 bits per heavy atom. The highest BCUT2D eigenvalue weighted by Gasteiger charge is 2.27. The van der Waals surface area contributed by atoms with Gasteiger partial charge in [0.1, 0.15) is 5.75 Å². The zero-order chi connectivity index (χ0) is 13.8. The van der Waals surface area contributed by atoms with E-state index in [0.717, 1.165) is 12.8 Å². The third-order valence-corrected chi connectivity index (χ3v) is 4.57. The molecule has 1 rings (SSSR count). The van der Waals surface area contributed by atoms with Gasteiger partial charge in [0, 0.05) is 16.4 Å². The van der Waals surface area contributed by atoms with Crippen LogP contribution < -0.4 is 5.32 Å². The fraction of sp³-hybridized carbons (Fsp3) is 0.462. The molecule has 0 radical (unpaired) electrons. The lowest BCUT2D eigenvalue weighted by Gasteiger charge is -2.31. The first-order chi connectivity index (χ1) is 8.48. The molecule has 0 spiro atoms. The molecule has 1 amide bonds. The lowest BCUT2D eigenvalue weighted by atomic mass is 9.95. The molecular formula is C13H17BrClNO2. The summed E-state index contributed by atoms with van der Waals surface area (Å²) in [6, 6.07) is 4.45. The average molecular weight is 335 g/mol. The van der Waals surface area contributed by atoms with E-state index in [1.165, 1.54) is 12.1 Å². The summed E-state index contributed by atoms with van der Waals surface area (Å²) in [5.74, 6) is -0.203. The summed E-state index contributed by atoms with van der Waals surface area (Å²) in [5, 5.41) is 13.2. The number of aromatic hydroxyl groups is 1. The zero-order valence-electron chi connectivity index (χ0n) is 10.5. The Bertz CT molecular complexity index is 425. The number of benzene rings is 1. The number of phenols is 1. The Kier molecular flexibility index (Phi) is 5.47. The van der Waals surface area contributed by atoms with Gasteiger partial charge in [-0.15, -0.1) is 0 Å². The molecule has 0 fully saturated rings. The molecule has 5 heteroatoms. The molecular weight excluding hydrogens is 318 g/mol. The van der Waals surface area contributed by atoms with Gasteiger partial charge >= 0.3 is 0 Å². The van der Waals surface area contributed by atoms with E-state index >= 15 is 0 Å². The highest BCUT2D eigenvalue weighted by atomic mass is 79.9. The predicted octanol–water partition coefficient (Wildman–Crippen LogP) is 3.73. The third-order valence-electron chi connectivity index (χ3n) is 3.20. The van der Waals surface area contributed by atoms with Crippen LogP contribution in [-0.2, 0) is 0 Å². The van der Waals surface area contributed by atoms with Crippen molar-refractivity contribution >= 4 is 33.4 Å². The van der Waals surface area contributed by atoms with E-state index in [4.69, 9.17) is 11.6 Å². The maximum absolute atomic E-state index is 12.1. The van der Waals surface area contributed by atoms with Crippen molar-refractivity contribution in [3.63, 3.8) is 0 Å². The molecule has 0 aromatic heterocycles. The van der Waals surface area contributed by atoms with Crippen LogP contribution in [0.4, 0.5) is 0 Å². The van der Waals surface area contributed by atoms with Crippen molar-refractivity contribution in [2.45, 2.75) is 32.2 Å². The molecule has 0 unspecified atom stereocenters. The summed E-state index contributed by atoms with van der Waals surface area (Å²) < 4.78 is 0. The minimum Gasteiger partial charge on any atom is -0.506 e. The molecule has 18 heavy (non-hydrogen) atoms. The van der Waals surface area contributed by atoms with Gasteiger partial charge in [-0.3, -0.25) is 4.79 Å². The molecule has 0 saturated carbocycles. The van der Waals surface area contributed by atoms with Crippen LogP contribution in [0, 0.1) is 0 Å². The number of alkyl halides is 1. The Morgan fingerprint density at radius 1 is 1.44 bits per heavy atom. The smallest absolute Gasteiger partial charge is 0.251 e. The molecule has 0 atom stereocenters. The number of phenolic OH excluding ortho intramolecular Hbond substituents is 1. The number of hydrogen-bond acceptors (Lipinski definition) is 2. The Morgan fingerprint density at radius 2 is 2.06 bits per heavy atom. The summed E-state index contributed by atoms with van der Waals surface area (Å²) in [6.45, 7) is 4.07. The van der Waals surface area contributed by atoms with Crippen molar-refractivity contribution in [2.24, 2.45) is 0 Å². The fourth-order valence-electron chi connectivity index (χ4n) is 1.61. The number of carbonyl (C=O) groups excluding carboxylic acids is 1. The van der Waals surface area contributed by atoms with E-state index in [2.05, 4.69) is 21.2 Å². The van der Waals surface area contributed by atoms with Crippen molar-refractivity contribution in [1.29, 1.82) is 0 Å². The minimum atomic E-state index is -0.249. The Balaban J connectivity index is 2.90. The van der Waals surface area contributed by atoms with Crippen molar-refractivity contribution in [2.75, 3.05) is 5.33 Å². The molecule has 2 N–H and O–H groups in total. The Hall–Kier alpha value is -0.740. The van der Waals surface area contributed by atoms with E-state index in [-0.39, 0.29) is 22.2 Å². The second-order valence-electron chi connectivity index (χ2n) is 4.24. The number of halogens is 2. The third kappa shape index (κ3) is 3.39. The monoisotopic (exact) mass is 333 g/mol. The normalized spacial score (nSPS) is 11.3. The molecule has 0 saturated heterocycles. The molecule has 0 aliphatic rings. The van der Waals surface area contributed by atoms with Crippen LogP contribution in [0.3, 0.4) is 0 Å². The second-order valence-corrected chi connectivity index (χ2v) is 5.21. The standard InChI is InChI=1S/C13H17BrClNO2/c1-3-13(4-2,8-14)16-12(18)9-5-6-11(17)10(15)7-9/h5-7,17H,3-4,8H2,1-2H3,(H,16,18). The van der Waals surface area contributed by atoms with Crippen molar-refractivity contribution in [3.05, 3.63) is 28.8 Å². The first-order valence-corrected chi connectivity index (χ1v) is 7.35. The zero-order valence-corrected chi connectivity index (χ0v) is 12.8. The van der Waals surface area contributed by atoms with Crippen LogP contribution >= 0.6 is 27.5 Å². The van der Waals surface area contributed by atoms with Gasteiger partial charge in [-0.05, 0) is 31.0 Å². The molecule has 3 nitrogen and oxygen atoms in total.